The van der Waals surface area contributed by atoms with Gasteiger partial charge in [-0.1, -0.05) is 0 Å². The molecule has 0 saturated heterocycles. The van der Waals surface area contributed by atoms with Crippen molar-refractivity contribution in [2.24, 2.45) is 0 Å². The third-order valence-corrected chi connectivity index (χ3v) is 5.74. The Hall–Kier alpha value is -2.39. The fourth-order valence-electron chi connectivity index (χ4n) is 2.38. The molecule has 9 heteroatoms. The minimum Gasteiger partial charge on any atom is -0.481 e. The Kier molecular flexibility index (Phi) is 5.28. The smallest absolute Gasteiger partial charge is 0.303 e. The molecule has 1 amide bonds. The predicted octanol–water partition coefficient (Wildman–Crippen LogP) is 4.34. The number of fused-ring (bicyclic) bond motifs is 1. The zero-order valence-corrected chi connectivity index (χ0v) is 15.3. The van der Waals surface area contributed by atoms with E-state index in [-0.39, 0.29) is 30.0 Å². The van der Waals surface area contributed by atoms with Gasteiger partial charge in [-0.25, -0.2) is 13.8 Å². The van der Waals surface area contributed by atoms with Gasteiger partial charge in [0.25, 0.3) is 0 Å². The number of aryl methyl sites for hydroxylation is 1. The van der Waals surface area contributed by atoms with E-state index < -0.39 is 17.6 Å². The molecule has 0 unspecified atom stereocenters. The zero-order valence-electron chi connectivity index (χ0n) is 13.7. The maximum absolute atomic E-state index is 13.9. The van der Waals surface area contributed by atoms with Gasteiger partial charge in [0.2, 0.25) is 5.91 Å². The van der Waals surface area contributed by atoms with Crippen LogP contribution in [0, 0.1) is 18.6 Å². The van der Waals surface area contributed by atoms with Crippen molar-refractivity contribution < 1.29 is 23.5 Å². The second kappa shape index (κ2) is 7.46. The van der Waals surface area contributed by atoms with Crippen LogP contribution in [0.1, 0.15) is 23.4 Å². The highest BCUT2D eigenvalue weighted by molar-refractivity contribution is 7.18. The summed E-state index contributed by atoms with van der Waals surface area (Å²) in [4.78, 5) is 29.0. The maximum atomic E-state index is 13.9. The van der Waals surface area contributed by atoms with Gasteiger partial charge in [0.05, 0.1) is 28.2 Å². The number of aromatic nitrogens is 1. The molecule has 2 aromatic heterocycles. The Bertz CT molecular complexity index is 984. The van der Waals surface area contributed by atoms with Gasteiger partial charge in [0.1, 0.15) is 5.01 Å². The molecule has 0 aliphatic carbocycles. The van der Waals surface area contributed by atoms with Crippen molar-refractivity contribution in [2.75, 3.05) is 4.90 Å². The summed E-state index contributed by atoms with van der Waals surface area (Å²) in [6, 6.07) is 4.22. The number of nitrogens with zero attached hydrogens (tertiary/aromatic N) is 2. The normalized spacial score (nSPS) is 11.0. The van der Waals surface area contributed by atoms with Crippen LogP contribution in [-0.4, -0.2) is 22.0 Å². The Morgan fingerprint density at radius 3 is 2.69 bits per heavy atom. The van der Waals surface area contributed by atoms with E-state index in [2.05, 4.69) is 4.98 Å². The van der Waals surface area contributed by atoms with Crippen LogP contribution in [0.25, 0.3) is 10.2 Å². The van der Waals surface area contributed by atoms with E-state index in [4.69, 9.17) is 5.11 Å². The lowest BCUT2D eigenvalue weighted by atomic mass is 10.2. The summed E-state index contributed by atoms with van der Waals surface area (Å²) in [5.41, 5.74) is 1.29. The number of amides is 1. The molecule has 0 bridgehead atoms. The second-order valence-electron chi connectivity index (χ2n) is 5.65. The lowest BCUT2D eigenvalue weighted by Crippen LogP contribution is -2.29. The van der Waals surface area contributed by atoms with Crippen LogP contribution >= 0.6 is 22.7 Å². The number of carboxylic acids is 1. The Morgan fingerprint density at radius 1 is 1.27 bits per heavy atom. The molecular formula is C17H14F2N2O3S2. The van der Waals surface area contributed by atoms with Gasteiger partial charge in [-0.05, 0) is 36.1 Å². The van der Waals surface area contributed by atoms with Gasteiger partial charge < -0.3 is 5.11 Å². The minimum atomic E-state index is -1.06. The first-order chi connectivity index (χ1) is 12.3. The van der Waals surface area contributed by atoms with Crippen molar-refractivity contribution in [1.29, 1.82) is 0 Å². The summed E-state index contributed by atoms with van der Waals surface area (Å²) < 4.78 is 27.4. The summed E-state index contributed by atoms with van der Waals surface area (Å²) >= 11 is 2.33. The lowest BCUT2D eigenvalue weighted by Gasteiger charge is -2.19. The van der Waals surface area contributed by atoms with Crippen LogP contribution < -0.4 is 4.90 Å². The molecule has 0 spiro atoms. The van der Waals surface area contributed by atoms with Gasteiger partial charge in [-0.2, -0.15) is 0 Å². The van der Waals surface area contributed by atoms with Crippen LogP contribution in [0.4, 0.5) is 13.8 Å². The number of benzene rings is 1. The first-order valence-corrected chi connectivity index (χ1v) is 9.35. The third-order valence-electron chi connectivity index (χ3n) is 3.62. The number of carboxylic acid groups (broad SMARTS) is 1. The van der Waals surface area contributed by atoms with Crippen LogP contribution in [0.15, 0.2) is 23.6 Å². The third kappa shape index (κ3) is 3.88. The van der Waals surface area contributed by atoms with Crippen LogP contribution in [-0.2, 0) is 16.1 Å². The number of anilines is 1. The minimum absolute atomic E-state index is 0.0683. The number of aliphatic carboxylic acids is 1. The monoisotopic (exact) mass is 396 g/mol. The van der Waals surface area contributed by atoms with E-state index in [1.54, 1.807) is 0 Å². The molecule has 3 rings (SSSR count). The van der Waals surface area contributed by atoms with Crippen LogP contribution in [0.2, 0.25) is 0 Å². The molecule has 136 valence electrons. The van der Waals surface area contributed by atoms with E-state index in [1.807, 2.05) is 18.4 Å². The van der Waals surface area contributed by atoms with E-state index >= 15 is 0 Å². The number of hydrogen-bond acceptors (Lipinski definition) is 5. The van der Waals surface area contributed by atoms with Crippen molar-refractivity contribution in [2.45, 2.75) is 26.3 Å². The number of thiophene rings is 1. The maximum Gasteiger partial charge on any atom is 0.303 e. The number of thiazole rings is 1. The average molecular weight is 396 g/mol. The molecule has 0 aliphatic rings. The van der Waals surface area contributed by atoms with Crippen molar-refractivity contribution >= 4 is 49.8 Å². The molecule has 0 aliphatic heterocycles. The zero-order chi connectivity index (χ0) is 18.8. The molecular weight excluding hydrogens is 382 g/mol. The van der Waals surface area contributed by atoms with Crippen LogP contribution in [0.5, 0.6) is 0 Å². The first kappa shape index (κ1) is 18.4. The van der Waals surface area contributed by atoms with E-state index in [0.717, 1.165) is 23.0 Å². The highest BCUT2D eigenvalue weighted by Gasteiger charge is 2.21. The topological polar surface area (TPSA) is 70.5 Å². The van der Waals surface area contributed by atoms with Gasteiger partial charge in [0, 0.05) is 6.42 Å². The van der Waals surface area contributed by atoms with Gasteiger partial charge >= 0.3 is 5.97 Å². The fourth-order valence-corrected chi connectivity index (χ4v) is 4.28. The number of hydrogen-bond donors (Lipinski definition) is 1. The van der Waals surface area contributed by atoms with E-state index in [9.17, 15) is 18.4 Å². The molecule has 0 radical (unpaired) electrons. The quantitative estimate of drug-likeness (QED) is 0.673. The van der Waals surface area contributed by atoms with E-state index in [0.29, 0.717) is 15.5 Å². The van der Waals surface area contributed by atoms with Crippen molar-refractivity contribution in [3.63, 3.8) is 0 Å². The van der Waals surface area contributed by atoms with Crippen LogP contribution in [0.3, 0.4) is 0 Å². The number of carbonyl (C=O) groups is 2. The Balaban J connectivity index is 1.91. The predicted molar refractivity (Wildman–Crippen MR) is 96.7 cm³/mol. The molecule has 1 N–H and O–H groups in total. The Morgan fingerprint density at radius 2 is 2.04 bits per heavy atom. The summed E-state index contributed by atoms with van der Waals surface area (Å²) in [7, 11) is 0. The average Bonchev–Trinajstić information content (AvgIpc) is 3.20. The molecule has 0 fully saturated rings. The molecule has 1 aromatic carbocycles. The highest BCUT2D eigenvalue weighted by atomic mass is 32.1. The van der Waals surface area contributed by atoms with Crippen molar-refractivity contribution in [1.82, 2.24) is 4.98 Å². The number of carbonyl (C=O) groups excluding carboxylic acids is 1. The molecule has 2 heterocycles. The van der Waals surface area contributed by atoms with Crippen molar-refractivity contribution in [3.05, 3.63) is 45.8 Å². The highest BCUT2D eigenvalue weighted by Crippen LogP contribution is 2.31. The Labute approximate surface area is 155 Å². The first-order valence-electron chi connectivity index (χ1n) is 7.66. The molecule has 0 atom stereocenters. The van der Waals surface area contributed by atoms with Gasteiger partial charge in [-0.15, -0.1) is 22.7 Å². The largest absolute Gasteiger partial charge is 0.481 e. The molecule has 5 nitrogen and oxygen atoms in total. The summed E-state index contributed by atoms with van der Waals surface area (Å²) in [6.07, 6.45) is -0.431. The lowest BCUT2D eigenvalue weighted by molar-refractivity contribution is -0.138. The summed E-state index contributed by atoms with van der Waals surface area (Å²) in [6.45, 7) is 1.95. The fraction of sp³-hybridized carbons (Fsp3) is 0.235. The van der Waals surface area contributed by atoms with Gasteiger partial charge in [0.15, 0.2) is 11.6 Å². The summed E-state index contributed by atoms with van der Waals surface area (Å²) in [5.74, 6) is -3.32. The molecule has 3 aromatic rings. The SMILES string of the molecule is Cc1csc(N(Cc2nc3ccc(F)c(F)c3s2)C(=O)CCC(=O)O)c1. The molecule has 0 saturated carbocycles. The standard InChI is InChI=1S/C17H14F2N2O3S2/c1-9-6-14(25-8-9)21(13(22)4-5-15(23)24)7-12-20-11-3-2-10(18)16(19)17(11)26-12/h2-3,6,8H,4-5,7H2,1H3,(H,23,24). The number of halogens is 2. The number of rotatable bonds is 6. The summed E-state index contributed by atoms with van der Waals surface area (Å²) in [5, 5.41) is 11.8. The van der Waals surface area contributed by atoms with Crippen molar-refractivity contribution in [3.8, 4) is 0 Å². The van der Waals surface area contributed by atoms with Gasteiger partial charge in [-0.3, -0.25) is 14.5 Å². The second-order valence-corrected chi connectivity index (χ2v) is 7.63. The van der Waals surface area contributed by atoms with E-state index in [1.165, 1.54) is 22.3 Å². The molecule has 26 heavy (non-hydrogen) atoms.